The second kappa shape index (κ2) is 7.16. The summed E-state index contributed by atoms with van der Waals surface area (Å²) in [6.45, 7) is 0.776. The maximum atomic E-state index is 13.0. The van der Waals surface area contributed by atoms with Crippen molar-refractivity contribution < 1.29 is 14.0 Å². The van der Waals surface area contributed by atoms with Gasteiger partial charge >= 0.3 is 0 Å². The summed E-state index contributed by atoms with van der Waals surface area (Å²) in [6, 6.07) is 5.70. The molecule has 1 N–H and O–H groups in total. The van der Waals surface area contributed by atoms with Crippen LogP contribution in [0.3, 0.4) is 0 Å². The molecule has 1 atom stereocenters. The molecule has 1 aromatic heterocycles. The summed E-state index contributed by atoms with van der Waals surface area (Å²) in [7, 11) is 0. The Morgan fingerprint density at radius 2 is 1.96 bits per heavy atom. The number of hydrogen-bond donors (Lipinski definition) is 1. The summed E-state index contributed by atoms with van der Waals surface area (Å²) >= 11 is 0. The number of hydrogen-bond acceptors (Lipinski definition) is 4. The molecule has 2 heterocycles. The van der Waals surface area contributed by atoms with Crippen LogP contribution in [0, 0.1) is 11.7 Å². The number of nitrogens with one attached hydrogen (secondary N) is 1. The molecule has 0 spiro atoms. The van der Waals surface area contributed by atoms with Crippen LogP contribution in [-0.2, 0) is 16.0 Å². The van der Waals surface area contributed by atoms with Gasteiger partial charge in [-0.1, -0.05) is 0 Å². The average Bonchev–Trinajstić information content (AvgIpc) is 2.98. The number of nitrogens with zero attached hydrogens (tertiary/aromatic N) is 3. The highest BCUT2D eigenvalue weighted by molar-refractivity contribution is 6.00. The Labute approximate surface area is 138 Å². The normalized spacial score (nSPS) is 17.1. The highest BCUT2D eigenvalue weighted by atomic mass is 19.1. The number of benzene rings is 1. The summed E-state index contributed by atoms with van der Waals surface area (Å²) in [5.74, 6) is -1.03. The van der Waals surface area contributed by atoms with E-state index in [-0.39, 0.29) is 24.1 Å². The van der Waals surface area contributed by atoms with Gasteiger partial charge in [-0.05, 0) is 36.2 Å². The van der Waals surface area contributed by atoms with Gasteiger partial charge in [0.2, 0.25) is 11.8 Å². The van der Waals surface area contributed by atoms with Crippen molar-refractivity contribution in [3.8, 4) is 0 Å². The quantitative estimate of drug-likeness (QED) is 0.898. The van der Waals surface area contributed by atoms with E-state index in [9.17, 15) is 14.0 Å². The van der Waals surface area contributed by atoms with E-state index in [1.54, 1.807) is 24.5 Å². The maximum Gasteiger partial charge on any atom is 0.227 e. The van der Waals surface area contributed by atoms with Gasteiger partial charge in [-0.2, -0.15) is 0 Å². The van der Waals surface area contributed by atoms with Crippen LogP contribution in [-0.4, -0.2) is 34.9 Å². The van der Waals surface area contributed by atoms with E-state index in [0.717, 1.165) is 5.56 Å². The molecule has 1 aliphatic rings. The van der Waals surface area contributed by atoms with Crippen LogP contribution in [0.25, 0.3) is 0 Å². The SMILES string of the molecule is O=C(NCCc1cncnc1)C1CC(=O)N(c2ccc(F)cc2)C1. The smallest absolute Gasteiger partial charge is 0.227 e. The van der Waals surface area contributed by atoms with E-state index in [0.29, 0.717) is 25.2 Å². The number of halogens is 1. The molecule has 2 amide bonds. The fourth-order valence-electron chi connectivity index (χ4n) is 2.69. The van der Waals surface area contributed by atoms with Gasteiger partial charge < -0.3 is 10.2 Å². The van der Waals surface area contributed by atoms with Gasteiger partial charge in [0.05, 0.1) is 5.92 Å². The summed E-state index contributed by atoms with van der Waals surface area (Å²) < 4.78 is 13.0. The van der Waals surface area contributed by atoms with Crippen molar-refractivity contribution in [2.45, 2.75) is 12.8 Å². The lowest BCUT2D eigenvalue weighted by atomic mass is 10.1. The van der Waals surface area contributed by atoms with Crippen LogP contribution < -0.4 is 10.2 Å². The van der Waals surface area contributed by atoms with E-state index in [2.05, 4.69) is 15.3 Å². The molecule has 1 saturated heterocycles. The van der Waals surface area contributed by atoms with Crippen LogP contribution in [0.1, 0.15) is 12.0 Å². The van der Waals surface area contributed by atoms with Crippen molar-refractivity contribution in [1.29, 1.82) is 0 Å². The van der Waals surface area contributed by atoms with E-state index in [4.69, 9.17) is 0 Å². The average molecular weight is 328 g/mol. The molecule has 7 heteroatoms. The molecule has 24 heavy (non-hydrogen) atoms. The third-order valence-corrected chi connectivity index (χ3v) is 3.96. The molecular formula is C17H17FN4O2. The first-order valence-electron chi connectivity index (χ1n) is 7.71. The number of aromatic nitrogens is 2. The molecule has 1 unspecified atom stereocenters. The molecule has 3 rings (SSSR count). The lowest BCUT2D eigenvalue weighted by Gasteiger charge is -2.16. The van der Waals surface area contributed by atoms with Crippen LogP contribution in [0.5, 0.6) is 0 Å². The van der Waals surface area contributed by atoms with E-state index in [1.807, 2.05) is 0 Å². The third kappa shape index (κ3) is 3.73. The molecule has 2 aromatic rings. The van der Waals surface area contributed by atoms with Crippen molar-refractivity contribution in [2.24, 2.45) is 5.92 Å². The fraction of sp³-hybridized carbons (Fsp3) is 0.294. The highest BCUT2D eigenvalue weighted by Gasteiger charge is 2.34. The molecule has 0 aliphatic carbocycles. The first-order chi connectivity index (χ1) is 11.6. The Kier molecular flexibility index (Phi) is 4.79. The van der Waals surface area contributed by atoms with Gasteiger partial charge in [0, 0.05) is 37.6 Å². The number of carbonyl (C=O) groups excluding carboxylic acids is 2. The predicted octanol–water partition coefficient (Wildman–Crippen LogP) is 1.33. The molecular weight excluding hydrogens is 311 g/mol. The van der Waals surface area contributed by atoms with Gasteiger partial charge in [0.1, 0.15) is 12.1 Å². The predicted molar refractivity (Wildman–Crippen MR) is 85.6 cm³/mol. The summed E-state index contributed by atoms with van der Waals surface area (Å²) in [6.07, 6.45) is 5.66. The largest absolute Gasteiger partial charge is 0.355 e. The van der Waals surface area contributed by atoms with Crippen LogP contribution in [0.15, 0.2) is 43.0 Å². The Morgan fingerprint density at radius 1 is 1.25 bits per heavy atom. The molecule has 1 aliphatic heterocycles. The van der Waals surface area contributed by atoms with Crippen molar-refractivity contribution in [1.82, 2.24) is 15.3 Å². The number of rotatable bonds is 5. The minimum absolute atomic E-state index is 0.127. The monoisotopic (exact) mass is 328 g/mol. The summed E-state index contributed by atoms with van der Waals surface area (Å²) in [5.41, 5.74) is 1.55. The van der Waals surface area contributed by atoms with Crippen LogP contribution >= 0.6 is 0 Å². The van der Waals surface area contributed by atoms with Crippen molar-refractivity contribution >= 4 is 17.5 Å². The summed E-state index contributed by atoms with van der Waals surface area (Å²) in [4.78, 5) is 33.7. The number of carbonyl (C=O) groups is 2. The van der Waals surface area contributed by atoms with Gasteiger partial charge in [-0.3, -0.25) is 9.59 Å². The Bertz CT molecular complexity index is 721. The van der Waals surface area contributed by atoms with Crippen LogP contribution in [0.4, 0.5) is 10.1 Å². The molecule has 1 aromatic carbocycles. The molecule has 0 radical (unpaired) electrons. The first kappa shape index (κ1) is 16.0. The molecule has 0 saturated carbocycles. The minimum Gasteiger partial charge on any atom is -0.355 e. The third-order valence-electron chi connectivity index (χ3n) is 3.96. The van der Waals surface area contributed by atoms with Crippen LogP contribution in [0.2, 0.25) is 0 Å². The molecule has 6 nitrogen and oxygen atoms in total. The van der Waals surface area contributed by atoms with E-state index >= 15 is 0 Å². The number of anilines is 1. The van der Waals surface area contributed by atoms with Crippen molar-refractivity contribution in [2.75, 3.05) is 18.0 Å². The van der Waals surface area contributed by atoms with Gasteiger partial charge in [-0.15, -0.1) is 0 Å². The zero-order valence-electron chi connectivity index (χ0n) is 13.0. The zero-order valence-corrected chi connectivity index (χ0v) is 13.0. The van der Waals surface area contributed by atoms with Gasteiger partial charge in [-0.25, -0.2) is 14.4 Å². The zero-order chi connectivity index (χ0) is 16.9. The topological polar surface area (TPSA) is 75.2 Å². The highest BCUT2D eigenvalue weighted by Crippen LogP contribution is 2.25. The molecule has 124 valence electrons. The van der Waals surface area contributed by atoms with Crippen molar-refractivity contribution in [3.05, 3.63) is 54.4 Å². The molecule has 1 fully saturated rings. The molecule has 0 bridgehead atoms. The Hall–Kier alpha value is -2.83. The maximum absolute atomic E-state index is 13.0. The van der Waals surface area contributed by atoms with E-state index < -0.39 is 5.92 Å². The second-order valence-electron chi connectivity index (χ2n) is 5.67. The Morgan fingerprint density at radius 3 is 2.67 bits per heavy atom. The van der Waals surface area contributed by atoms with E-state index in [1.165, 1.54) is 23.4 Å². The second-order valence-corrected chi connectivity index (χ2v) is 5.67. The van der Waals surface area contributed by atoms with Crippen molar-refractivity contribution in [3.63, 3.8) is 0 Å². The number of amides is 2. The Balaban J connectivity index is 1.53. The van der Waals surface area contributed by atoms with Gasteiger partial charge in [0.25, 0.3) is 0 Å². The lowest BCUT2D eigenvalue weighted by Crippen LogP contribution is -2.34. The summed E-state index contributed by atoms with van der Waals surface area (Å²) in [5, 5.41) is 2.84. The fourth-order valence-corrected chi connectivity index (χ4v) is 2.69. The lowest BCUT2D eigenvalue weighted by molar-refractivity contribution is -0.126. The standard InChI is InChI=1S/C17H17FN4O2/c18-14-1-3-15(4-2-14)22-10-13(7-16(22)23)17(24)21-6-5-12-8-19-11-20-9-12/h1-4,8-9,11,13H,5-7,10H2,(H,21,24). The van der Waals surface area contributed by atoms with Gasteiger partial charge in [0.15, 0.2) is 0 Å². The first-order valence-corrected chi connectivity index (χ1v) is 7.71. The minimum atomic E-state index is -0.394.